The fourth-order valence-corrected chi connectivity index (χ4v) is 3.40. The molecule has 138 valence electrons. The number of hydrogen-bond acceptors (Lipinski definition) is 3. The molecule has 1 aliphatic rings. The Labute approximate surface area is 159 Å². The smallest absolute Gasteiger partial charge is 0.236 e. The lowest BCUT2D eigenvalue weighted by Gasteiger charge is -2.25. The van der Waals surface area contributed by atoms with Gasteiger partial charge in [-0.15, -0.1) is 0 Å². The molecule has 0 saturated carbocycles. The van der Waals surface area contributed by atoms with Gasteiger partial charge in [-0.2, -0.15) is 0 Å². The highest BCUT2D eigenvalue weighted by Gasteiger charge is 2.21. The fraction of sp³-hybridized carbons (Fsp3) is 0.579. The van der Waals surface area contributed by atoms with Crippen LogP contribution < -0.4 is 0 Å². The topological polar surface area (TPSA) is 43.9 Å². The van der Waals surface area contributed by atoms with Crippen molar-refractivity contribution in [2.75, 3.05) is 45.8 Å². The Kier molecular flexibility index (Phi) is 7.90. The quantitative estimate of drug-likeness (QED) is 0.724. The zero-order chi connectivity index (χ0) is 18.2. The first-order chi connectivity index (χ1) is 12.0. The van der Waals surface area contributed by atoms with Crippen LogP contribution in [0.2, 0.25) is 0 Å². The second kappa shape index (κ2) is 9.92. The summed E-state index contributed by atoms with van der Waals surface area (Å²) in [6, 6.07) is 7.89. The molecule has 0 spiro atoms. The maximum absolute atomic E-state index is 12.6. The van der Waals surface area contributed by atoms with Gasteiger partial charge in [-0.3, -0.25) is 14.5 Å². The fourth-order valence-electron chi connectivity index (χ4n) is 3.13. The summed E-state index contributed by atoms with van der Waals surface area (Å²) in [7, 11) is 0. The van der Waals surface area contributed by atoms with Crippen LogP contribution in [-0.4, -0.2) is 72.3 Å². The van der Waals surface area contributed by atoms with Crippen LogP contribution in [-0.2, 0) is 16.0 Å². The van der Waals surface area contributed by atoms with Crippen molar-refractivity contribution in [2.45, 2.75) is 26.7 Å². The Hall–Kier alpha value is -1.40. The first kappa shape index (κ1) is 19.9. The number of benzene rings is 1. The van der Waals surface area contributed by atoms with Crippen LogP contribution >= 0.6 is 15.9 Å². The van der Waals surface area contributed by atoms with Crippen molar-refractivity contribution in [1.82, 2.24) is 14.7 Å². The zero-order valence-electron chi connectivity index (χ0n) is 15.2. The highest BCUT2D eigenvalue weighted by atomic mass is 79.9. The van der Waals surface area contributed by atoms with E-state index in [9.17, 15) is 9.59 Å². The van der Waals surface area contributed by atoms with Crippen molar-refractivity contribution in [2.24, 2.45) is 0 Å². The molecule has 1 heterocycles. The highest BCUT2D eigenvalue weighted by molar-refractivity contribution is 9.10. The van der Waals surface area contributed by atoms with Crippen LogP contribution in [0.25, 0.3) is 0 Å². The van der Waals surface area contributed by atoms with Gasteiger partial charge in [0.2, 0.25) is 11.8 Å². The van der Waals surface area contributed by atoms with E-state index in [2.05, 4.69) is 20.8 Å². The van der Waals surface area contributed by atoms with Gasteiger partial charge in [0.25, 0.3) is 0 Å². The maximum Gasteiger partial charge on any atom is 0.236 e. The van der Waals surface area contributed by atoms with Crippen LogP contribution in [0.15, 0.2) is 28.7 Å². The normalized spacial score (nSPS) is 15.7. The number of likely N-dealkylation sites (N-methyl/N-ethyl adjacent to an activating group) is 1. The molecule has 1 aromatic rings. The molecule has 5 nitrogen and oxygen atoms in total. The lowest BCUT2D eigenvalue weighted by molar-refractivity contribution is -0.132. The minimum atomic E-state index is 0.166. The molecule has 2 rings (SSSR count). The molecule has 0 atom stereocenters. The lowest BCUT2D eigenvalue weighted by atomic mass is 10.1. The van der Waals surface area contributed by atoms with Crippen LogP contribution in [0.5, 0.6) is 0 Å². The minimum Gasteiger partial charge on any atom is -0.342 e. The van der Waals surface area contributed by atoms with Gasteiger partial charge in [-0.25, -0.2) is 0 Å². The second-order valence-corrected chi connectivity index (χ2v) is 7.30. The summed E-state index contributed by atoms with van der Waals surface area (Å²) >= 11 is 3.41. The van der Waals surface area contributed by atoms with E-state index in [0.717, 1.165) is 49.2 Å². The van der Waals surface area contributed by atoms with E-state index >= 15 is 0 Å². The Morgan fingerprint density at radius 2 is 1.72 bits per heavy atom. The van der Waals surface area contributed by atoms with E-state index in [0.29, 0.717) is 19.5 Å². The Morgan fingerprint density at radius 3 is 2.36 bits per heavy atom. The van der Waals surface area contributed by atoms with Gasteiger partial charge in [0.05, 0.1) is 13.0 Å². The molecule has 0 unspecified atom stereocenters. The standard InChI is InChI=1S/C19H28BrN3O2/c1-3-22(4-2)19(25)15-21-10-5-11-23(13-12-21)18(24)14-16-6-8-17(20)9-7-16/h6-9H,3-5,10-15H2,1-2H3. The van der Waals surface area contributed by atoms with E-state index in [1.165, 1.54) is 0 Å². The summed E-state index contributed by atoms with van der Waals surface area (Å²) in [5, 5.41) is 0. The SMILES string of the molecule is CCN(CC)C(=O)CN1CCCN(C(=O)Cc2ccc(Br)cc2)CC1. The molecule has 1 fully saturated rings. The summed E-state index contributed by atoms with van der Waals surface area (Å²) in [5.74, 6) is 0.346. The van der Waals surface area contributed by atoms with E-state index in [1.54, 1.807) is 0 Å². The first-order valence-corrected chi connectivity index (χ1v) is 9.85. The summed E-state index contributed by atoms with van der Waals surface area (Å²) in [6.45, 7) is 9.07. The predicted octanol–water partition coefficient (Wildman–Crippen LogP) is 2.39. The molecule has 0 bridgehead atoms. The van der Waals surface area contributed by atoms with Crippen LogP contribution in [0.1, 0.15) is 25.8 Å². The molecule has 1 saturated heterocycles. The molecular weight excluding hydrogens is 382 g/mol. The van der Waals surface area contributed by atoms with Crippen LogP contribution in [0, 0.1) is 0 Å². The highest BCUT2D eigenvalue weighted by Crippen LogP contribution is 2.12. The van der Waals surface area contributed by atoms with Gasteiger partial charge < -0.3 is 9.80 Å². The third-order valence-electron chi connectivity index (χ3n) is 4.68. The molecule has 6 heteroatoms. The number of rotatable bonds is 6. The molecule has 1 aliphatic heterocycles. The molecular formula is C19H28BrN3O2. The lowest BCUT2D eigenvalue weighted by Crippen LogP contribution is -2.42. The third-order valence-corrected chi connectivity index (χ3v) is 5.21. The molecule has 0 N–H and O–H groups in total. The summed E-state index contributed by atoms with van der Waals surface area (Å²) in [5.41, 5.74) is 1.03. The average Bonchev–Trinajstić information content (AvgIpc) is 2.83. The summed E-state index contributed by atoms with van der Waals surface area (Å²) < 4.78 is 1.02. The van der Waals surface area contributed by atoms with E-state index < -0.39 is 0 Å². The molecule has 0 aromatic heterocycles. The number of carbonyl (C=O) groups is 2. The first-order valence-electron chi connectivity index (χ1n) is 9.05. The van der Waals surface area contributed by atoms with E-state index in [4.69, 9.17) is 0 Å². The second-order valence-electron chi connectivity index (χ2n) is 6.38. The van der Waals surface area contributed by atoms with Crippen LogP contribution in [0.3, 0.4) is 0 Å². The van der Waals surface area contributed by atoms with Crippen molar-refractivity contribution >= 4 is 27.7 Å². The molecule has 1 aromatic carbocycles. The van der Waals surface area contributed by atoms with Crippen molar-refractivity contribution in [3.63, 3.8) is 0 Å². The number of carbonyl (C=O) groups excluding carboxylic acids is 2. The third kappa shape index (κ3) is 6.12. The van der Waals surface area contributed by atoms with Crippen molar-refractivity contribution in [3.05, 3.63) is 34.3 Å². The Morgan fingerprint density at radius 1 is 1.04 bits per heavy atom. The van der Waals surface area contributed by atoms with Gasteiger partial charge >= 0.3 is 0 Å². The van der Waals surface area contributed by atoms with E-state index in [-0.39, 0.29) is 11.8 Å². The van der Waals surface area contributed by atoms with Gasteiger partial charge in [-0.05, 0) is 38.0 Å². The van der Waals surface area contributed by atoms with Crippen molar-refractivity contribution < 1.29 is 9.59 Å². The van der Waals surface area contributed by atoms with Crippen molar-refractivity contribution in [1.29, 1.82) is 0 Å². The summed E-state index contributed by atoms with van der Waals surface area (Å²) in [6.07, 6.45) is 1.35. The number of halogens is 1. The molecule has 0 aliphatic carbocycles. The summed E-state index contributed by atoms with van der Waals surface area (Å²) in [4.78, 5) is 30.8. The van der Waals surface area contributed by atoms with Gasteiger partial charge in [0, 0.05) is 43.7 Å². The van der Waals surface area contributed by atoms with Crippen LogP contribution in [0.4, 0.5) is 0 Å². The monoisotopic (exact) mass is 409 g/mol. The average molecular weight is 410 g/mol. The Bertz CT molecular complexity index is 573. The van der Waals surface area contributed by atoms with Gasteiger partial charge in [0.1, 0.15) is 0 Å². The van der Waals surface area contributed by atoms with Gasteiger partial charge in [0.15, 0.2) is 0 Å². The van der Waals surface area contributed by atoms with E-state index in [1.807, 2.05) is 47.9 Å². The molecule has 2 amide bonds. The predicted molar refractivity (Wildman–Crippen MR) is 103 cm³/mol. The minimum absolute atomic E-state index is 0.166. The number of hydrogen-bond donors (Lipinski definition) is 0. The van der Waals surface area contributed by atoms with Gasteiger partial charge in [-0.1, -0.05) is 28.1 Å². The largest absolute Gasteiger partial charge is 0.342 e. The zero-order valence-corrected chi connectivity index (χ0v) is 16.8. The maximum atomic E-state index is 12.6. The molecule has 25 heavy (non-hydrogen) atoms. The Balaban J connectivity index is 1.84. The number of amides is 2. The van der Waals surface area contributed by atoms with Crippen molar-refractivity contribution in [3.8, 4) is 0 Å². The molecule has 0 radical (unpaired) electrons. The number of nitrogens with zero attached hydrogens (tertiary/aromatic N) is 3.